The number of carbonyl (C=O) groups is 1. The highest BCUT2D eigenvalue weighted by Gasteiger charge is 2.26. The van der Waals surface area contributed by atoms with Crippen LogP contribution in [0.4, 0.5) is 0 Å². The number of nitrogens with zero attached hydrogens (tertiary/aromatic N) is 2. The number of rotatable bonds is 2. The quantitative estimate of drug-likeness (QED) is 0.711. The largest absolute Gasteiger partial charge is 0.332 e. The van der Waals surface area contributed by atoms with Crippen molar-refractivity contribution in [3.63, 3.8) is 0 Å². The second-order valence-corrected chi connectivity index (χ2v) is 4.03. The van der Waals surface area contributed by atoms with Gasteiger partial charge in [-0.1, -0.05) is 6.58 Å². The number of amides is 1. The summed E-state index contributed by atoms with van der Waals surface area (Å²) in [6.07, 6.45) is 8.25. The highest BCUT2D eigenvalue weighted by atomic mass is 16.2. The Bertz CT molecular complexity index is 375. The highest BCUT2D eigenvalue weighted by Crippen LogP contribution is 2.30. The van der Waals surface area contributed by atoms with Gasteiger partial charge in [-0.3, -0.25) is 9.78 Å². The number of pyridine rings is 1. The van der Waals surface area contributed by atoms with Crippen molar-refractivity contribution in [2.24, 2.45) is 0 Å². The molecule has 0 spiro atoms. The van der Waals surface area contributed by atoms with Crippen molar-refractivity contribution in [1.82, 2.24) is 9.88 Å². The SMILES string of the molecule is C=CC(=O)N1CCCCC1c1ccncc1. The van der Waals surface area contributed by atoms with Crippen LogP contribution >= 0.6 is 0 Å². The molecule has 1 unspecified atom stereocenters. The van der Waals surface area contributed by atoms with E-state index in [-0.39, 0.29) is 11.9 Å². The minimum Gasteiger partial charge on any atom is -0.332 e. The van der Waals surface area contributed by atoms with Crippen LogP contribution in [0.3, 0.4) is 0 Å². The van der Waals surface area contributed by atoms with Crippen molar-refractivity contribution in [2.45, 2.75) is 25.3 Å². The van der Waals surface area contributed by atoms with Crippen LogP contribution < -0.4 is 0 Å². The monoisotopic (exact) mass is 216 g/mol. The van der Waals surface area contributed by atoms with Gasteiger partial charge in [-0.15, -0.1) is 0 Å². The molecule has 2 heterocycles. The second kappa shape index (κ2) is 4.92. The molecule has 0 bridgehead atoms. The van der Waals surface area contributed by atoms with E-state index < -0.39 is 0 Å². The zero-order valence-electron chi connectivity index (χ0n) is 9.30. The summed E-state index contributed by atoms with van der Waals surface area (Å²) >= 11 is 0. The van der Waals surface area contributed by atoms with Gasteiger partial charge in [0.2, 0.25) is 5.91 Å². The summed E-state index contributed by atoms with van der Waals surface area (Å²) in [7, 11) is 0. The Morgan fingerprint density at radius 1 is 1.44 bits per heavy atom. The zero-order chi connectivity index (χ0) is 11.4. The van der Waals surface area contributed by atoms with Gasteiger partial charge in [-0.2, -0.15) is 0 Å². The van der Waals surface area contributed by atoms with Crippen molar-refractivity contribution in [2.75, 3.05) is 6.54 Å². The fourth-order valence-corrected chi connectivity index (χ4v) is 2.24. The van der Waals surface area contributed by atoms with Gasteiger partial charge in [0, 0.05) is 18.9 Å². The summed E-state index contributed by atoms with van der Waals surface area (Å²) in [4.78, 5) is 17.7. The lowest BCUT2D eigenvalue weighted by molar-refractivity contribution is -0.129. The molecule has 0 radical (unpaired) electrons. The van der Waals surface area contributed by atoms with Crippen molar-refractivity contribution in [1.29, 1.82) is 0 Å². The first kappa shape index (κ1) is 10.9. The molecular weight excluding hydrogens is 200 g/mol. The normalized spacial score (nSPS) is 20.5. The summed E-state index contributed by atoms with van der Waals surface area (Å²) in [5, 5.41) is 0. The van der Waals surface area contributed by atoms with Crippen molar-refractivity contribution in [3.8, 4) is 0 Å². The Morgan fingerprint density at radius 2 is 2.19 bits per heavy atom. The second-order valence-electron chi connectivity index (χ2n) is 4.03. The van der Waals surface area contributed by atoms with Gasteiger partial charge in [0.25, 0.3) is 0 Å². The first-order valence-corrected chi connectivity index (χ1v) is 5.66. The van der Waals surface area contributed by atoms with Crippen molar-refractivity contribution >= 4 is 5.91 Å². The van der Waals surface area contributed by atoms with Gasteiger partial charge >= 0.3 is 0 Å². The third-order valence-electron chi connectivity index (χ3n) is 3.05. The van der Waals surface area contributed by atoms with Gasteiger partial charge in [0.05, 0.1) is 6.04 Å². The molecule has 1 atom stereocenters. The van der Waals surface area contributed by atoms with E-state index in [1.807, 2.05) is 17.0 Å². The van der Waals surface area contributed by atoms with E-state index in [0.717, 1.165) is 19.4 Å². The molecule has 0 aliphatic carbocycles. The first-order chi connectivity index (χ1) is 7.83. The molecule has 0 N–H and O–H groups in total. The predicted octanol–water partition coefficient (Wildman–Crippen LogP) is 2.32. The summed E-state index contributed by atoms with van der Waals surface area (Å²) in [5.74, 6) is 0.0292. The molecule has 3 nitrogen and oxygen atoms in total. The standard InChI is InChI=1S/C13H16N2O/c1-2-13(16)15-10-4-3-5-12(15)11-6-8-14-9-7-11/h2,6-9,12H,1,3-5,10H2. The molecule has 1 amide bonds. The molecule has 1 aliphatic rings. The minimum atomic E-state index is 0.0292. The summed E-state index contributed by atoms with van der Waals surface area (Å²) in [5.41, 5.74) is 1.17. The van der Waals surface area contributed by atoms with Crippen LogP contribution in [0.15, 0.2) is 37.2 Å². The smallest absolute Gasteiger partial charge is 0.246 e. The average molecular weight is 216 g/mol. The molecular formula is C13H16N2O. The minimum absolute atomic E-state index is 0.0292. The number of aromatic nitrogens is 1. The van der Waals surface area contributed by atoms with E-state index >= 15 is 0 Å². The fraction of sp³-hybridized carbons (Fsp3) is 0.385. The lowest BCUT2D eigenvalue weighted by Crippen LogP contribution is -2.37. The molecule has 1 fully saturated rings. The molecule has 1 aliphatic heterocycles. The zero-order valence-corrected chi connectivity index (χ0v) is 9.30. The average Bonchev–Trinajstić information content (AvgIpc) is 2.39. The molecule has 16 heavy (non-hydrogen) atoms. The number of hydrogen-bond acceptors (Lipinski definition) is 2. The highest BCUT2D eigenvalue weighted by molar-refractivity contribution is 5.87. The van der Waals surface area contributed by atoms with E-state index in [1.54, 1.807) is 12.4 Å². The molecule has 0 aromatic carbocycles. The lowest BCUT2D eigenvalue weighted by Gasteiger charge is -2.35. The topological polar surface area (TPSA) is 33.2 Å². The Labute approximate surface area is 95.8 Å². The summed E-state index contributed by atoms with van der Waals surface area (Å²) in [6.45, 7) is 4.39. The van der Waals surface area contributed by atoms with Crippen LogP contribution in [0.25, 0.3) is 0 Å². The molecule has 84 valence electrons. The lowest BCUT2D eigenvalue weighted by atomic mass is 9.96. The van der Waals surface area contributed by atoms with Gasteiger partial charge in [-0.05, 0) is 43.0 Å². The van der Waals surface area contributed by atoms with Crippen LogP contribution in [-0.2, 0) is 4.79 Å². The van der Waals surface area contributed by atoms with E-state index in [9.17, 15) is 4.79 Å². The van der Waals surface area contributed by atoms with Gasteiger partial charge in [0.1, 0.15) is 0 Å². The maximum atomic E-state index is 11.7. The van der Waals surface area contributed by atoms with Crippen LogP contribution in [0.1, 0.15) is 30.9 Å². The number of carbonyl (C=O) groups excluding carboxylic acids is 1. The van der Waals surface area contributed by atoms with E-state index in [2.05, 4.69) is 11.6 Å². The maximum Gasteiger partial charge on any atom is 0.246 e. The Hall–Kier alpha value is -1.64. The Balaban J connectivity index is 2.23. The third kappa shape index (κ3) is 2.13. The molecule has 1 saturated heterocycles. The van der Waals surface area contributed by atoms with E-state index in [1.165, 1.54) is 18.1 Å². The summed E-state index contributed by atoms with van der Waals surface area (Å²) in [6, 6.07) is 4.17. The van der Waals surface area contributed by atoms with Crippen LogP contribution in [0.5, 0.6) is 0 Å². The maximum absolute atomic E-state index is 11.7. The van der Waals surface area contributed by atoms with E-state index in [4.69, 9.17) is 0 Å². The number of piperidine rings is 1. The van der Waals surface area contributed by atoms with Crippen LogP contribution in [0.2, 0.25) is 0 Å². The van der Waals surface area contributed by atoms with E-state index in [0.29, 0.717) is 0 Å². The van der Waals surface area contributed by atoms with Crippen molar-refractivity contribution in [3.05, 3.63) is 42.7 Å². The molecule has 0 saturated carbocycles. The molecule has 2 rings (SSSR count). The predicted molar refractivity (Wildman–Crippen MR) is 62.7 cm³/mol. The van der Waals surface area contributed by atoms with Gasteiger partial charge in [0.15, 0.2) is 0 Å². The Morgan fingerprint density at radius 3 is 2.88 bits per heavy atom. The first-order valence-electron chi connectivity index (χ1n) is 5.66. The van der Waals surface area contributed by atoms with Crippen LogP contribution in [0, 0.1) is 0 Å². The molecule has 3 heteroatoms. The van der Waals surface area contributed by atoms with Gasteiger partial charge < -0.3 is 4.90 Å². The summed E-state index contributed by atoms with van der Waals surface area (Å²) < 4.78 is 0. The third-order valence-corrected chi connectivity index (χ3v) is 3.05. The molecule has 1 aromatic rings. The number of hydrogen-bond donors (Lipinski definition) is 0. The Kier molecular flexibility index (Phi) is 3.34. The fourth-order valence-electron chi connectivity index (χ4n) is 2.24. The molecule has 1 aromatic heterocycles. The van der Waals surface area contributed by atoms with Crippen LogP contribution in [-0.4, -0.2) is 22.3 Å². The number of likely N-dealkylation sites (tertiary alicyclic amines) is 1. The van der Waals surface area contributed by atoms with Gasteiger partial charge in [-0.25, -0.2) is 0 Å². The van der Waals surface area contributed by atoms with Crippen molar-refractivity contribution < 1.29 is 4.79 Å².